The number of amides is 1. The number of carbonyl (C=O) groups excluding carboxylic acids is 1. The summed E-state index contributed by atoms with van der Waals surface area (Å²) in [4.78, 5) is 11.1. The molecule has 1 aromatic rings. The first-order valence-corrected chi connectivity index (χ1v) is 5.69. The molecule has 0 saturated carbocycles. The Bertz CT molecular complexity index is 464. The molecule has 1 unspecified atom stereocenters. The van der Waals surface area contributed by atoms with Crippen LogP contribution in [0.1, 0.15) is 31.0 Å². The highest BCUT2D eigenvalue weighted by Crippen LogP contribution is 2.29. The van der Waals surface area contributed by atoms with Gasteiger partial charge in [0.25, 0.3) is 0 Å². The van der Waals surface area contributed by atoms with Crippen molar-refractivity contribution in [1.82, 2.24) is 5.32 Å². The van der Waals surface area contributed by atoms with Gasteiger partial charge >= 0.3 is 12.1 Å². The topological polar surface area (TPSA) is 49.3 Å². The fourth-order valence-electron chi connectivity index (χ4n) is 1.76. The van der Waals surface area contributed by atoms with Crippen LogP contribution in [0, 0.1) is 6.92 Å². The predicted octanol–water partition coefficient (Wildman–Crippen LogP) is 2.49. The molecule has 0 heterocycles. The van der Waals surface area contributed by atoms with Crippen LogP contribution in [0.25, 0.3) is 0 Å². The maximum atomic E-state index is 12.3. The normalized spacial score (nSPS) is 14.1. The standard InChI is InChI=1S/C13H16F3NO2/c1-8-6-4-5-7-9(8)10(12(2,3)19)17-11(18)13(14,15)16/h4-7,10,19H,1-3H3,(H,17,18). The number of rotatable bonds is 3. The lowest BCUT2D eigenvalue weighted by Gasteiger charge is -2.31. The van der Waals surface area contributed by atoms with E-state index in [4.69, 9.17) is 0 Å². The highest BCUT2D eigenvalue weighted by molar-refractivity contribution is 5.82. The van der Waals surface area contributed by atoms with Crippen molar-refractivity contribution in [2.45, 2.75) is 38.6 Å². The van der Waals surface area contributed by atoms with E-state index in [2.05, 4.69) is 0 Å². The molecule has 1 atom stereocenters. The largest absolute Gasteiger partial charge is 0.471 e. The van der Waals surface area contributed by atoms with Gasteiger partial charge in [-0.3, -0.25) is 4.79 Å². The van der Waals surface area contributed by atoms with E-state index < -0.39 is 23.7 Å². The molecule has 106 valence electrons. The van der Waals surface area contributed by atoms with Crippen LogP contribution in [0.2, 0.25) is 0 Å². The molecular weight excluding hydrogens is 259 g/mol. The van der Waals surface area contributed by atoms with Crippen molar-refractivity contribution in [2.75, 3.05) is 0 Å². The number of aliphatic hydroxyl groups is 1. The summed E-state index contributed by atoms with van der Waals surface area (Å²) in [5.74, 6) is -2.07. The predicted molar refractivity (Wildman–Crippen MR) is 64.4 cm³/mol. The van der Waals surface area contributed by atoms with Gasteiger partial charge in [-0.1, -0.05) is 24.3 Å². The number of aryl methyl sites for hydroxylation is 1. The van der Waals surface area contributed by atoms with Crippen LogP contribution >= 0.6 is 0 Å². The van der Waals surface area contributed by atoms with E-state index in [1.54, 1.807) is 31.2 Å². The van der Waals surface area contributed by atoms with Crippen LogP contribution in [-0.2, 0) is 4.79 Å². The van der Waals surface area contributed by atoms with Crippen molar-refractivity contribution in [1.29, 1.82) is 0 Å². The third-order valence-electron chi connectivity index (χ3n) is 2.74. The van der Waals surface area contributed by atoms with E-state index in [1.807, 2.05) is 5.32 Å². The zero-order valence-electron chi connectivity index (χ0n) is 10.9. The number of benzene rings is 1. The summed E-state index contributed by atoms with van der Waals surface area (Å²) in [6.07, 6.45) is -4.98. The SMILES string of the molecule is Cc1ccccc1C(NC(=O)C(F)(F)F)C(C)(C)O. The maximum Gasteiger partial charge on any atom is 0.471 e. The Morgan fingerprint density at radius 3 is 2.21 bits per heavy atom. The second-order valence-electron chi connectivity index (χ2n) is 4.91. The Morgan fingerprint density at radius 2 is 1.79 bits per heavy atom. The minimum atomic E-state index is -4.98. The fourth-order valence-corrected chi connectivity index (χ4v) is 1.76. The first kappa shape index (κ1) is 15.5. The summed E-state index contributed by atoms with van der Waals surface area (Å²) in [7, 11) is 0. The Kier molecular flexibility index (Phi) is 4.25. The molecule has 3 nitrogen and oxygen atoms in total. The molecule has 0 spiro atoms. The lowest BCUT2D eigenvalue weighted by molar-refractivity contribution is -0.176. The molecule has 0 saturated heterocycles. The van der Waals surface area contributed by atoms with E-state index in [1.165, 1.54) is 13.8 Å². The van der Waals surface area contributed by atoms with Crippen LogP contribution in [0.5, 0.6) is 0 Å². The molecule has 2 N–H and O–H groups in total. The Morgan fingerprint density at radius 1 is 1.26 bits per heavy atom. The highest BCUT2D eigenvalue weighted by Gasteiger charge is 2.42. The molecule has 1 aromatic carbocycles. The first-order valence-electron chi connectivity index (χ1n) is 5.69. The van der Waals surface area contributed by atoms with Crippen molar-refractivity contribution in [3.05, 3.63) is 35.4 Å². The molecule has 0 aliphatic carbocycles. The number of hydrogen-bond acceptors (Lipinski definition) is 2. The fraction of sp³-hybridized carbons (Fsp3) is 0.462. The molecule has 1 amide bonds. The van der Waals surface area contributed by atoms with E-state index >= 15 is 0 Å². The monoisotopic (exact) mass is 275 g/mol. The first-order chi connectivity index (χ1) is 8.53. The number of halogens is 3. The summed E-state index contributed by atoms with van der Waals surface area (Å²) in [6.45, 7) is 4.40. The van der Waals surface area contributed by atoms with Crippen molar-refractivity contribution >= 4 is 5.91 Å². The lowest BCUT2D eigenvalue weighted by Crippen LogP contribution is -2.47. The zero-order valence-corrected chi connectivity index (χ0v) is 10.9. The van der Waals surface area contributed by atoms with Gasteiger partial charge in [0.1, 0.15) is 0 Å². The van der Waals surface area contributed by atoms with Gasteiger partial charge in [0, 0.05) is 0 Å². The van der Waals surface area contributed by atoms with Crippen LogP contribution in [0.4, 0.5) is 13.2 Å². The number of hydrogen-bond donors (Lipinski definition) is 2. The quantitative estimate of drug-likeness (QED) is 0.890. The Hall–Kier alpha value is -1.56. The van der Waals surface area contributed by atoms with E-state index in [-0.39, 0.29) is 0 Å². The van der Waals surface area contributed by atoms with Crippen molar-refractivity contribution in [3.8, 4) is 0 Å². The van der Waals surface area contributed by atoms with Crippen molar-refractivity contribution in [2.24, 2.45) is 0 Å². The molecule has 0 aliphatic heterocycles. The van der Waals surface area contributed by atoms with Crippen LogP contribution < -0.4 is 5.32 Å². The molecule has 6 heteroatoms. The molecule has 19 heavy (non-hydrogen) atoms. The highest BCUT2D eigenvalue weighted by atomic mass is 19.4. The lowest BCUT2D eigenvalue weighted by atomic mass is 9.89. The van der Waals surface area contributed by atoms with Gasteiger partial charge < -0.3 is 10.4 Å². The number of carbonyl (C=O) groups is 1. The van der Waals surface area contributed by atoms with Crippen LogP contribution in [-0.4, -0.2) is 22.8 Å². The van der Waals surface area contributed by atoms with Gasteiger partial charge in [0.2, 0.25) is 0 Å². The second kappa shape index (κ2) is 5.21. The molecule has 1 rings (SSSR count). The minimum absolute atomic E-state index is 0.451. The third-order valence-corrected chi connectivity index (χ3v) is 2.74. The van der Waals surface area contributed by atoms with Gasteiger partial charge in [-0.25, -0.2) is 0 Å². The molecule has 0 radical (unpaired) electrons. The van der Waals surface area contributed by atoms with E-state index in [9.17, 15) is 23.1 Å². The molecule has 0 aromatic heterocycles. The summed E-state index contributed by atoms with van der Waals surface area (Å²) < 4.78 is 37.0. The minimum Gasteiger partial charge on any atom is -0.388 e. The van der Waals surface area contributed by atoms with E-state index in [0.29, 0.717) is 11.1 Å². The second-order valence-corrected chi connectivity index (χ2v) is 4.91. The maximum absolute atomic E-state index is 12.3. The average molecular weight is 275 g/mol. The van der Waals surface area contributed by atoms with E-state index in [0.717, 1.165) is 0 Å². The summed E-state index contributed by atoms with van der Waals surface area (Å²) in [5.41, 5.74) is -0.378. The summed E-state index contributed by atoms with van der Waals surface area (Å²) in [6, 6.07) is 5.51. The van der Waals surface area contributed by atoms with Crippen LogP contribution in [0.15, 0.2) is 24.3 Å². The molecular formula is C13H16F3NO2. The average Bonchev–Trinajstić information content (AvgIpc) is 2.24. The zero-order chi connectivity index (χ0) is 14.8. The Labute approximate surface area is 109 Å². The Balaban J connectivity index is 3.12. The third kappa shape index (κ3) is 3.96. The van der Waals surface area contributed by atoms with Gasteiger partial charge in [0.05, 0.1) is 11.6 Å². The number of alkyl halides is 3. The molecule has 0 aliphatic rings. The van der Waals surface area contributed by atoms with Gasteiger partial charge in [-0.2, -0.15) is 13.2 Å². The van der Waals surface area contributed by atoms with Gasteiger partial charge in [-0.05, 0) is 31.9 Å². The smallest absolute Gasteiger partial charge is 0.388 e. The molecule has 0 fully saturated rings. The van der Waals surface area contributed by atoms with Crippen molar-refractivity contribution in [3.63, 3.8) is 0 Å². The molecule has 0 bridgehead atoms. The van der Waals surface area contributed by atoms with Crippen LogP contribution in [0.3, 0.4) is 0 Å². The summed E-state index contributed by atoms with van der Waals surface area (Å²) in [5, 5.41) is 11.8. The summed E-state index contributed by atoms with van der Waals surface area (Å²) >= 11 is 0. The van der Waals surface area contributed by atoms with Crippen molar-refractivity contribution < 1.29 is 23.1 Å². The van der Waals surface area contributed by atoms with Gasteiger partial charge in [0.15, 0.2) is 0 Å². The number of nitrogens with one attached hydrogen (secondary N) is 1. The van der Waals surface area contributed by atoms with Gasteiger partial charge in [-0.15, -0.1) is 0 Å².